The van der Waals surface area contributed by atoms with Crippen molar-refractivity contribution < 1.29 is 9.26 Å². The van der Waals surface area contributed by atoms with E-state index in [9.17, 15) is 0 Å². The Bertz CT molecular complexity index is 1420. The van der Waals surface area contributed by atoms with E-state index in [1.165, 1.54) is 16.7 Å². The molecule has 7 heteroatoms. The Balaban J connectivity index is 1.59. The van der Waals surface area contributed by atoms with Gasteiger partial charge in [-0.25, -0.2) is 0 Å². The number of hydrogen-bond donors (Lipinski definition) is 1. The first-order chi connectivity index (χ1) is 17.4. The van der Waals surface area contributed by atoms with Crippen LogP contribution in [0, 0.1) is 13.8 Å². The Morgan fingerprint density at radius 1 is 0.972 bits per heavy atom. The van der Waals surface area contributed by atoms with Crippen LogP contribution in [0.4, 0.5) is 0 Å². The summed E-state index contributed by atoms with van der Waals surface area (Å²) in [5, 5.41) is 8.48. The van der Waals surface area contributed by atoms with Gasteiger partial charge in [0.05, 0.1) is 25.3 Å². The van der Waals surface area contributed by atoms with Crippen molar-refractivity contribution in [3.63, 3.8) is 0 Å². The number of thiocarbonyl (C=S) groups is 1. The lowest BCUT2D eigenvalue weighted by Crippen LogP contribution is -2.45. The van der Waals surface area contributed by atoms with Crippen LogP contribution in [0.25, 0.3) is 17.0 Å². The number of methoxy groups -OCH3 is 1. The molecule has 0 saturated heterocycles. The minimum absolute atomic E-state index is 0.247. The van der Waals surface area contributed by atoms with E-state index in [2.05, 4.69) is 54.3 Å². The second kappa shape index (κ2) is 9.95. The molecule has 6 nitrogen and oxygen atoms in total. The number of ether oxygens (including phenoxy) is 1. The maximum Gasteiger partial charge on any atom is 0.258 e. The molecule has 36 heavy (non-hydrogen) atoms. The number of hydrogen-bond acceptors (Lipinski definition) is 5. The van der Waals surface area contributed by atoms with Crippen molar-refractivity contribution in [3.8, 4) is 17.1 Å². The fourth-order valence-electron chi connectivity index (χ4n) is 4.41. The fourth-order valence-corrected chi connectivity index (χ4v) is 4.73. The maximum absolute atomic E-state index is 5.86. The molecule has 1 N–H and O–H groups in total. The number of nitrogens with zero attached hydrogens (tertiary/aromatic N) is 3. The van der Waals surface area contributed by atoms with Crippen LogP contribution < -0.4 is 10.1 Å². The van der Waals surface area contributed by atoms with Gasteiger partial charge in [-0.3, -0.25) is 0 Å². The van der Waals surface area contributed by atoms with Crippen LogP contribution in [0.2, 0.25) is 0 Å². The van der Waals surface area contributed by atoms with E-state index in [0.717, 1.165) is 28.1 Å². The molecule has 0 aliphatic carbocycles. The Labute approximate surface area is 216 Å². The predicted octanol–water partition coefficient (Wildman–Crippen LogP) is 6.22. The number of nitrogens with one attached hydrogen (secondary N) is 1. The second-order valence-electron chi connectivity index (χ2n) is 8.96. The molecule has 0 bridgehead atoms. The molecule has 0 fully saturated rings. The summed E-state index contributed by atoms with van der Waals surface area (Å²) in [6.45, 7) is 6.87. The standard InChI is InChI=1S/C29H28N4O2S/c1-18-9-11-22(12-10-18)27-31-28(35-32-27)25-20(3)33(17-23-8-6-5-7-19(23)2)29(36)30-26(25)21-13-15-24(34-4)16-14-21/h5-16,26H,17H2,1-4H3,(H,30,36). The lowest BCUT2D eigenvalue weighted by atomic mass is 9.94. The highest BCUT2D eigenvalue weighted by Gasteiger charge is 2.34. The van der Waals surface area contributed by atoms with E-state index >= 15 is 0 Å². The molecular weight excluding hydrogens is 468 g/mol. The first-order valence-electron chi connectivity index (χ1n) is 11.8. The van der Waals surface area contributed by atoms with Crippen LogP contribution in [-0.4, -0.2) is 27.3 Å². The van der Waals surface area contributed by atoms with Gasteiger partial charge in [0.25, 0.3) is 5.89 Å². The van der Waals surface area contributed by atoms with Crippen molar-refractivity contribution in [1.82, 2.24) is 20.4 Å². The largest absolute Gasteiger partial charge is 0.497 e. The lowest BCUT2D eigenvalue weighted by molar-refractivity contribution is 0.395. The first kappa shape index (κ1) is 23.8. The molecule has 1 aliphatic rings. The van der Waals surface area contributed by atoms with E-state index in [1.54, 1.807) is 7.11 Å². The molecule has 182 valence electrons. The van der Waals surface area contributed by atoms with Crippen molar-refractivity contribution in [3.05, 3.63) is 107 Å². The third-order valence-corrected chi connectivity index (χ3v) is 6.94. The molecule has 5 rings (SSSR count). The quantitative estimate of drug-likeness (QED) is 0.318. The summed E-state index contributed by atoms with van der Waals surface area (Å²) in [6, 6.07) is 24.1. The van der Waals surface area contributed by atoms with E-state index in [-0.39, 0.29) is 6.04 Å². The second-order valence-corrected chi connectivity index (χ2v) is 9.34. The molecule has 2 heterocycles. The van der Waals surface area contributed by atoms with Crippen molar-refractivity contribution in [2.24, 2.45) is 0 Å². The van der Waals surface area contributed by atoms with E-state index in [1.807, 2.05) is 54.6 Å². The van der Waals surface area contributed by atoms with Gasteiger partial charge in [-0.15, -0.1) is 0 Å². The molecule has 1 aliphatic heterocycles. The SMILES string of the molecule is COc1ccc(C2NC(=S)N(Cc3ccccc3C)C(C)=C2c2nc(-c3ccc(C)cc3)no2)cc1. The van der Waals surface area contributed by atoms with Gasteiger partial charge in [0.15, 0.2) is 5.11 Å². The number of allylic oxidation sites excluding steroid dienone is 1. The predicted molar refractivity (Wildman–Crippen MR) is 145 cm³/mol. The van der Waals surface area contributed by atoms with Gasteiger partial charge in [0.1, 0.15) is 5.75 Å². The Kier molecular flexibility index (Phi) is 6.57. The average Bonchev–Trinajstić information content (AvgIpc) is 3.37. The normalized spacial score (nSPS) is 15.7. The van der Waals surface area contributed by atoms with Crippen LogP contribution in [0.15, 0.2) is 83.0 Å². The monoisotopic (exact) mass is 496 g/mol. The van der Waals surface area contributed by atoms with Gasteiger partial charge in [0, 0.05) is 11.3 Å². The Morgan fingerprint density at radius 3 is 2.39 bits per heavy atom. The molecule has 3 aromatic carbocycles. The van der Waals surface area contributed by atoms with Crippen LogP contribution in [0.1, 0.15) is 41.1 Å². The fraction of sp³-hybridized carbons (Fsp3) is 0.207. The summed E-state index contributed by atoms with van der Waals surface area (Å²) in [5.74, 6) is 1.81. The maximum atomic E-state index is 5.86. The Morgan fingerprint density at radius 2 is 1.69 bits per heavy atom. The van der Waals surface area contributed by atoms with Gasteiger partial charge in [-0.2, -0.15) is 4.98 Å². The summed E-state index contributed by atoms with van der Waals surface area (Å²) in [6.07, 6.45) is 0. The van der Waals surface area contributed by atoms with Gasteiger partial charge >= 0.3 is 0 Å². The topological polar surface area (TPSA) is 63.4 Å². The summed E-state index contributed by atoms with van der Waals surface area (Å²) >= 11 is 5.86. The minimum atomic E-state index is -0.247. The first-order valence-corrected chi connectivity index (χ1v) is 12.2. The molecular formula is C29H28N4O2S. The Hall–Kier alpha value is -3.97. The summed E-state index contributed by atoms with van der Waals surface area (Å²) < 4.78 is 11.2. The molecule has 1 aromatic heterocycles. The molecule has 1 atom stereocenters. The highest BCUT2D eigenvalue weighted by Crippen LogP contribution is 2.38. The van der Waals surface area contributed by atoms with Crippen molar-refractivity contribution in [2.75, 3.05) is 7.11 Å². The van der Waals surface area contributed by atoms with Gasteiger partial charge < -0.3 is 19.5 Å². The van der Waals surface area contributed by atoms with Gasteiger partial charge in [-0.1, -0.05) is 71.4 Å². The molecule has 1 unspecified atom stereocenters. The highest BCUT2D eigenvalue weighted by molar-refractivity contribution is 7.80. The number of aryl methyl sites for hydroxylation is 2. The zero-order valence-electron chi connectivity index (χ0n) is 20.8. The summed E-state index contributed by atoms with van der Waals surface area (Å²) in [7, 11) is 1.66. The van der Waals surface area contributed by atoms with Crippen molar-refractivity contribution in [1.29, 1.82) is 0 Å². The number of rotatable bonds is 6. The van der Waals surface area contributed by atoms with Crippen LogP contribution in [0.3, 0.4) is 0 Å². The highest BCUT2D eigenvalue weighted by atomic mass is 32.1. The average molecular weight is 497 g/mol. The molecule has 0 saturated carbocycles. The van der Waals surface area contributed by atoms with Gasteiger partial charge in [0.2, 0.25) is 5.82 Å². The van der Waals surface area contributed by atoms with E-state index in [4.69, 9.17) is 26.5 Å². The number of aromatic nitrogens is 2. The third-order valence-electron chi connectivity index (χ3n) is 6.60. The third kappa shape index (κ3) is 4.62. The molecule has 4 aromatic rings. The van der Waals surface area contributed by atoms with Crippen LogP contribution >= 0.6 is 12.2 Å². The zero-order valence-corrected chi connectivity index (χ0v) is 21.6. The molecule has 0 amide bonds. The van der Waals surface area contributed by atoms with Crippen molar-refractivity contribution in [2.45, 2.75) is 33.4 Å². The summed E-state index contributed by atoms with van der Waals surface area (Å²) in [5.41, 5.74) is 7.40. The van der Waals surface area contributed by atoms with Crippen molar-refractivity contribution >= 4 is 22.9 Å². The lowest BCUT2D eigenvalue weighted by Gasteiger charge is -2.37. The minimum Gasteiger partial charge on any atom is -0.497 e. The van der Waals surface area contributed by atoms with Crippen LogP contribution in [0.5, 0.6) is 5.75 Å². The molecule has 0 spiro atoms. The van der Waals surface area contributed by atoms with Gasteiger partial charge in [-0.05, 0) is 61.8 Å². The number of benzene rings is 3. The van der Waals surface area contributed by atoms with E-state index in [0.29, 0.717) is 23.4 Å². The van der Waals surface area contributed by atoms with E-state index < -0.39 is 0 Å². The zero-order chi connectivity index (χ0) is 25.2. The molecule has 0 radical (unpaired) electrons. The smallest absolute Gasteiger partial charge is 0.258 e. The summed E-state index contributed by atoms with van der Waals surface area (Å²) in [4.78, 5) is 6.91. The van der Waals surface area contributed by atoms with Crippen LogP contribution in [-0.2, 0) is 6.54 Å².